The van der Waals surface area contributed by atoms with Crippen molar-refractivity contribution in [1.82, 2.24) is 5.32 Å². The highest BCUT2D eigenvalue weighted by atomic mass is 16.5. The zero-order valence-electron chi connectivity index (χ0n) is 13.9. The summed E-state index contributed by atoms with van der Waals surface area (Å²) in [6, 6.07) is 18.3. The molecule has 1 saturated heterocycles. The van der Waals surface area contributed by atoms with E-state index >= 15 is 0 Å². The van der Waals surface area contributed by atoms with Crippen molar-refractivity contribution in [2.45, 2.75) is 25.3 Å². The second-order valence-electron chi connectivity index (χ2n) is 6.23. The first-order valence-corrected chi connectivity index (χ1v) is 8.65. The highest BCUT2D eigenvalue weighted by molar-refractivity contribution is 5.68. The van der Waals surface area contributed by atoms with Crippen LogP contribution in [-0.4, -0.2) is 30.9 Å². The molecule has 1 atom stereocenters. The summed E-state index contributed by atoms with van der Waals surface area (Å²) in [5.74, 6) is 0.343. The Morgan fingerprint density at radius 2 is 1.92 bits per heavy atom. The smallest absolute Gasteiger partial charge is 0.119 e. The molecule has 1 fully saturated rings. The predicted molar refractivity (Wildman–Crippen MR) is 98.1 cm³/mol. The van der Waals surface area contributed by atoms with Gasteiger partial charge in [-0.3, -0.25) is 0 Å². The van der Waals surface area contributed by atoms with Crippen molar-refractivity contribution in [1.29, 1.82) is 0 Å². The lowest BCUT2D eigenvalue weighted by Gasteiger charge is -2.12. The molecule has 126 valence electrons. The molecule has 0 bridgehead atoms. The third-order valence-corrected chi connectivity index (χ3v) is 4.45. The van der Waals surface area contributed by atoms with Gasteiger partial charge in [0.25, 0.3) is 0 Å². The summed E-state index contributed by atoms with van der Waals surface area (Å²) >= 11 is 0. The minimum Gasteiger partial charge on any atom is -0.508 e. The molecule has 1 aliphatic rings. The molecular weight excluding hydrogens is 298 g/mol. The fraction of sp³-hybridized carbons (Fsp3) is 0.333. The molecule has 0 radical (unpaired) electrons. The maximum atomic E-state index is 10.1. The normalized spacial score (nSPS) is 18.0. The average molecular weight is 323 g/mol. The Balaban J connectivity index is 1.67. The maximum Gasteiger partial charge on any atom is 0.119 e. The number of phenolic OH excluding ortho intramolecular Hbond substituents is 1. The number of benzene rings is 2. The third kappa shape index (κ3) is 4.70. The quantitative estimate of drug-likeness (QED) is 0.762. The standard InChI is InChI=1S/C21H25NO2/c23-21-11-5-4-9-19(21)15-18(17-7-2-1-3-8-17)12-14-24-16-20-10-6-13-22-20/h1-5,7-9,11-12,20,22-23H,6,10,13-16H2. The number of hydrogen-bond donors (Lipinski definition) is 2. The molecule has 2 aromatic rings. The lowest BCUT2D eigenvalue weighted by atomic mass is 9.97. The van der Waals surface area contributed by atoms with Crippen LogP contribution in [0.4, 0.5) is 0 Å². The molecule has 3 rings (SSSR count). The van der Waals surface area contributed by atoms with Gasteiger partial charge in [0.1, 0.15) is 5.75 Å². The van der Waals surface area contributed by atoms with Gasteiger partial charge < -0.3 is 15.2 Å². The van der Waals surface area contributed by atoms with E-state index in [0.717, 1.165) is 18.7 Å². The molecule has 2 N–H and O–H groups in total. The van der Waals surface area contributed by atoms with E-state index in [-0.39, 0.29) is 0 Å². The SMILES string of the molecule is Oc1ccccc1CC(=CCOCC1CCCN1)c1ccccc1. The van der Waals surface area contributed by atoms with Gasteiger partial charge in [-0.1, -0.05) is 54.6 Å². The Morgan fingerprint density at radius 1 is 1.12 bits per heavy atom. The van der Waals surface area contributed by atoms with Crippen molar-refractivity contribution in [2.24, 2.45) is 0 Å². The summed E-state index contributed by atoms with van der Waals surface area (Å²) in [5.41, 5.74) is 3.28. The molecule has 0 saturated carbocycles. The number of hydrogen-bond acceptors (Lipinski definition) is 3. The second kappa shape index (κ2) is 8.67. The average Bonchev–Trinajstić information content (AvgIpc) is 3.13. The topological polar surface area (TPSA) is 41.5 Å². The first-order valence-electron chi connectivity index (χ1n) is 8.65. The van der Waals surface area contributed by atoms with E-state index in [2.05, 4.69) is 23.5 Å². The zero-order valence-corrected chi connectivity index (χ0v) is 13.9. The van der Waals surface area contributed by atoms with E-state index in [9.17, 15) is 5.11 Å². The summed E-state index contributed by atoms with van der Waals surface area (Å²) in [7, 11) is 0. The van der Waals surface area contributed by atoms with Gasteiger partial charge in [-0.25, -0.2) is 0 Å². The van der Waals surface area contributed by atoms with Gasteiger partial charge in [0.15, 0.2) is 0 Å². The van der Waals surface area contributed by atoms with E-state index < -0.39 is 0 Å². The van der Waals surface area contributed by atoms with E-state index in [1.807, 2.05) is 36.4 Å². The molecule has 1 unspecified atom stereocenters. The molecule has 3 heteroatoms. The number of allylic oxidation sites excluding steroid dienone is 1. The van der Waals surface area contributed by atoms with Crippen LogP contribution < -0.4 is 5.32 Å². The first-order chi connectivity index (χ1) is 11.8. The van der Waals surface area contributed by atoms with Crippen molar-refractivity contribution in [3.05, 3.63) is 71.8 Å². The van der Waals surface area contributed by atoms with Crippen LogP contribution in [0.25, 0.3) is 5.57 Å². The van der Waals surface area contributed by atoms with Crippen LogP contribution in [0.3, 0.4) is 0 Å². The van der Waals surface area contributed by atoms with Crippen molar-refractivity contribution in [3.8, 4) is 5.75 Å². The van der Waals surface area contributed by atoms with Crippen molar-refractivity contribution >= 4 is 5.57 Å². The Kier molecular flexibility index (Phi) is 6.05. The van der Waals surface area contributed by atoms with Gasteiger partial charge in [-0.2, -0.15) is 0 Å². The summed E-state index contributed by atoms with van der Waals surface area (Å²) in [6.07, 6.45) is 5.28. The van der Waals surface area contributed by atoms with Crippen molar-refractivity contribution in [3.63, 3.8) is 0 Å². The molecular formula is C21H25NO2. The summed E-state index contributed by atoms with van der Waals surface area (Å²) < 4.78 is 5.84. The number of aromatic hydroxyl groups is 1. The molecule has 0 aliphatic carbocycles. The van der Waals surface area contributed by atoms with Crippen LogP contribution in [0.2, 0.25) is 0 Å². The maximum absolute atomic E-state index is 10.1. The van der Waals surface area contributed by atoms with E-state index in [4.69, 9.17) is 4.74 Å². The Labute approximate surface area is 144 Å². The highest BCUT2D eigenvalue weighted by Gasteiger charge is 2.13. The van der Waals surface area contributed by atoms with Crippen LogP contribution in [0, 0.1) is 0 Å². The van der Waals surface area contributed by atoms with Gasteiger partial charge in [0.05, 0.1) is 13.2 Å². The number of ether oxygens (including phenoxy) is 1. The second-order valence-corrected chi connectivity index (χ2v) is 6.23. The summed E-state index contributed by atoms with van der Waals surface area (Å²) in [4.78, 5) is 0. The van der Waals surface area contributed by atoms with Crippen LogP contribution >= 0.6 is 0 Å². The fourth-order valence-corrected chi connectivity index (χ4v) is 3.08. The number of rotatable bonds is 7. The van der Waals surface area contributed by atoms with E-state index in [0.29, 0.717) is 24.8 Å². The zero-order chi connectivity index (χ0) is 16.6. The largest absolute Gasteiger partial charge is 0.508 e. The third-order valence-electron chi connectivity index (χ3n) is 4.45. The Morgan fingerprint density at radius 3 is 2.67 bits per heavy atom. The monoisotopic (exact) mass is 323 g/mol. The Bertz CT molecular complexity index is 661. The van der Waals surface area contributed by atoms with Crippen LogP contribution in [0.5, 0.6) is 5.75 Å². The number of nitrogens with one attached hydrogen (secondary N) is 1. The van der Waals surface area contributed by atoms with Gasteiger partial charge in [0, 0.05) is 12.5 Å². The summed E-state index contributed by atoms with van der Waals surface area (Å²) in [6.45, 7) is 2.46. The summed E-state index contributed by atoms with van der Waals surface area (Å²) in [5, 5.41) is 13.5. The molecule has 1 aliphatic heterocycles. The molecule has 3 nitrogen and oxygen atoms in total. The fourth-order valence-electron chi connectivity index (χ4n) is 3.08. The first kappa shape index (κ1) is 16.7. The highest BCUT2D eigenvalue weighted by Crippen LogP contribution is 2.25. The molecule has 2 aromatic carbocycles. The predicted octanol–water partition coefficient (Wildman–Crippen LogP) is 3.79. The van der Waals surface area contributed by atoms with Crippen LogP contribution in [0.1, 0.15) is 24.0 Å². The van der Waals surface area contributed by atoms with Gasteiger partial charge in [0.2, 0.25) is 0 Å². The lowest BCUT2D eigenvalue weighted by molar-refractivity contribution is 0.141. The van der Waals surface area contributed by atoms with Gasteiger partial charge in [-0.05, 0) is 42.2 Å². The van der Waals surface area contributed by atoms with E-state index in [1.165, 1.54) is 24.0 Å². The van der Waals surface area contributed by atoms with Gasteiger partial charge in [-0.15, -0.1) is 0 Å². The molecule has 1 heterocycles. The molecule has 0 spiro atoms. The lowest BCUT2D eigenvalue weighted by Crippen LogP contribution is -2.26. The number of phenols is 1. The minimum absolute atomic E-state index is 0.343. The van der Waals surface area contributed by atoms with Crippen molar-refractivity contribution in [2.75, 3.05) is 19.8 Å². The Hall–Kier alpha value is -2.10. The van der Waals surface area contributed by atoms with Gasteiger partial charge >= 0.3 is 0 Å². The molecule has 24 heavy (non-hydrogen) atoms. The minimum atomic E-state index is 0.343. The van der Waals surface area contributed by atoms with Crippen LogP contribution in [0.15, 0.2) is 60.7 Å². The van der Waals surface area contributed by atoms with E-state index in [1.54, 1.807) is 6.07 Å². The van der Waals surface area contributed by atoms with Crippen molar-refractivity contribution < 1.29 is 9.84 Å². The molecule has 0 aromatic heterocycles. The van der Waals surface area contributed by atoms with Crippen LogP contribution in [-0.2, 0) is 11.2 Å². The number of para-hydroxylation sites is 1. The molecule has 0 amide bonds.